The van der Waals surface area contributed by atoms with Crippen LogP contribution >= 0.6 is 0 Å². The summed E-state index contributed by atoms with van der Waals surface area (Å²) < 4.78 is 97.6. The highest BCUT2D eigenvalue weighted by molar-refractivity contribution is 7.90. The topological polar surface area (TPSA) is 111 Å². The highest BCUT2D eigenvalue weighted by Crippen LogP contribution is 2.36. The van der Waals surface area contributed by atoms with Crippen LogP contribution in [-0.4, -0.2) is 42.8 Å². The molecule has 1 heterocycles. The van der Waals surface area contributed by atoms with Gasteiger partial charge in [-0.25, -0.2) is 23.2 Å². The van der Waals surface area contributed by atoms with Crippen LogP contribution in [0.3, 0.4) is 0 Å². The van der Waals surface area contributed by atoms with E-state index in [0.717, 1.165) is 23.2 Å². The van der Waals surface area contributed by atoms with E-state index in [1.54, 1.807) is 12.1 Å². The van der Waals surface area contributed by atoms with Crippen LogP contribution in [0.4, 0.5) is 26.3 Å². The van der Waals surface area contributed by atoms with Gasteiger partial charge >= 0.3 is 18.3 Å². The van der Waals surface area contributed by atoms with Gasteiger partial charge in [0.05, 0.1) is 16.8 Å². The molecule has 0 unspecified atom stereocenters. The number of benzene rings is 3. The highest BCUT2D eigenvalue weighted by Gasteiger charge is 2.36. The van der Waals surface area contributed by atoms with E-state index in [1.807, 2.05) is 30.3 Å². The Bertz CT molecular complexity index is 1620. The first-order valence-corrected chi connectivity index (χ1v) is 13.0. The first kappa shape index (κ1) is 30.5. The van der Waals surface area contributed by atoms with E-state index in [-0.39, 0.29) is 29.4 Å². The number of carboxylic acid groups (broad SMARTS) is 1. The van der Waals surface area contributed by atoms with Gasteiger partial charge in [-0.1, -0.05) is 48.0 Å². The minimum Gasteiger partial charge on any atom is -0.661 e. The number of sulfone groups is 1. The fourth-order valence-electron chi connectivity index (χ4n) is 3.63. The van der Waals surface area contributed by atoms with Crippen LogP contribution in [0.15, 0.2) is 72.0 Å². The molecule has 0 spiro atoms. The van der Waals surface area contributed by atoms with Gasteiger partial charge in [-0.15, -0.1) is 6.54 Å². The van der Waals surface area contributed by atoms with Crippen molar-refractivity contribution in [3.05, 3.63) is 94.4 Å². The Morgan fingerprint density at radius 1 is 0.925 bits per heavy atom. The summed E-state index contributed by atoms with van der Waals surface area (Å²) in [6.45, 7) is -0.188. The minimum absolute atomic E-state index is 0.0877. The highest BCUT2D eigenvalue weighted by atomic mass is 32.2. The average molecular weight is 585 g/mol. The Morgan fingerprint density at radius 3 is 2.02 bits per heavy atom. The van der Waals surface area contributed by atoms with Crippen LogP contribution in [-0.2, 0) is 28.7 Å². The molecule has 1 aromatic heterocycles. The minimum atomic E-state index is -4.80. The number of aromatic carboxylic acids is 1. The average Bonchev–Trinajstić information content (AvgIpc) is 2.87. The van der Waals surface area contributed by atoms with Gasteiger partial charge < -0.3 is 10.4 Å². The molecule has 0 saturated carbocycles. The van der Waals surface area contributed by atoms with Crippen LogP contribution in [0.5, 0.6) is 0 Å². The number of halogens is 6. The number of hydrogen-bond donors (Lipinski definition) is 1. The van der Waals surface area contributed by atoms with Crippen molar-refractivity contribution >= 4 is 26.6 Å². The lowest BCUT2D eigenvalue weighted by atomic mass is 9.99. The zero-order valence-corrected chi connectivity index (χ0v) is 21.6. The van der Waals surface area contributed by atoms with Gasteiger partial charge in [0.25, 0.3) is 0 Å². The van der Waals surface area contributed by atoms with Gasteiger partial charge in [-0.2, -0.15) is 33.4 Å². The second-order valence-corrected chi connectivity index (χ2v) is 10.3. The van der Waals surface area contributed by atoms with E-state index >= 15 is 0 Å². The number of carbonyl (C=O) groups is 1. The van der Waals surface area contributed by atoms with E-state index in [4.69, 9.17) is 0 Å². The van der Waals surface area contributed by atoms with Gasteiger partial charge in [-0.3, -0.25) is 0 Å². The third-order valence-electron chi connectivity index (χ3n) is 5.36. The monoisotopic (exact) mass is 584 g/mol. The lowest BCUT2D eigenvalue weighted by Crippen LogP contribution is -2.11. The fourth-order valence-corrected chi connectivity index (χ4v) is 4.13. The Labute approximate surface area is 224 Å². The molecule has 0 aliphatic carbocycles. The predicted molar refractivity (Wildman–Crippen MR) is 134 cm³/mol. The van der Waals surface area contributed by atoms with Crippen LogP contribution in [0, 0.1) is 0 Å². The van der Waals surface area contributed by atoms with Crippen molar-refractivity contribution in [3.63, 3.8) is 0 Å². The lowest BCUT2D eigenvalue weighted by molar-refractivity contribution is -0.143. The normalized spacial score (nSPS) is 12.1. The smallest absolute Gasteiger partial charge is 0.416 e. The quantitative estimate of drug-likeness (QED) is 0.208. The molecule has 1 N–H and O–H groups in total. The predicted octanol–water partition coefficient (Wildman–Crippen LogP) is 6.63. The van der Waals surface area contributed by atoms with E-state index in [1.165, 1.54) is 7.05 Å². The second kappa shape index (κ2) is 11.6. The molecule has 7 nitrogen and oxygen atoms in total. The number of aromatic nitrogens is 2. The van der Waals surface area contributed by atoms with Gasteiger partial charge in [0.15, 0.2) is 0 Å². The molecule has 0 atom stereocenters. The number of rotatable bonds is 5. The maximum absolute atomic E-state index is 12.4. The molecule has 4 aromatic rings. The van der Waals surface area contributed by atoms with Crippen molar-refractivity contribution in [2.45, 2.75) is 24.1 Å². The Morgan fingerprint density at radius 2 is 1.50 bits per heavy atom. The van der Waals surface area contributed by atoms with Gasteiger partial charge in [0.1, 0.15) is 5.56 Å². The molecule has 0 aliphatic rings. The standard InChI is InChI=1S/C16H12N2O4S.C10H8F6N/c1-23(21,22)16-17-9-13(15(19)20)14(18-16)12-8-4-6-10-5-2-3-7-11(10)12;1-17-5-6-2-7(9(11,12)13)4-8(3-6)10(14,15)16/h2-9H,1H3,(H,19,20);2-4H,5H2,1H3/q;-1. The third kappa shape index (κ3) is 7.33. The maximum Gasteiger partial charge on any atom is 0.416 e. The molecule has 4 rings (SSSR count). The molecule has 0 bridgehead atoms. The van der Waals surface area contributed by atoms with Gasteiger partial charge in [0.2, 0.25) is 15.0 Å². The summed E-state index contributed by atoms with van der Waals surface area (Å²) in [7, 11) is -2.33. The zero-order valence-electron chi connectivity index (χ0n) is 20.7. The summed E-state index contributed by atoms with van der Waals surface area (Å²) in [5.74, 6) is -1.21. The third-order valence-corrected chi connectivity index (χ3v) is 6.22. The van der Waals surface area contributed by atoms with Crippen LogP contribution in [0.25, 0.3) is 27.3 Å². The van der Waals surface area contributed by atoms with Gasteiger partial charge in [0, 0.05) is 18.0 Å². The second-order valence-electron chi connectivity index (χ2n) is 8.41. The fraction of sp³-hybridized carbons (Fsp3) is 0.192. The molecule has 0 fully saturated rings. The molecule has 3 aromatic carbocycles. The van der Waals surface area contributed by atoms with Crippen LogP contribution in [0.2, 0.25) is 0 Å². The lowest BCUT2D eigenvalue weighted by Gasteiger charge is -2.17. The number of alkyl halides is 6. The van der Waals surface area contributed by atoms with Gasteiger partial charge in [-0.05, 0) is 29.0 Å². The SMILES string of the molecule is CS(=O)(=O)c1ncc(C(=O)O)c(-c2cccc3ccccc23)n1.C[N-]Cc1cc(C(F)(F)F)cc(C(F)(F)F)c1. The van der Waals surface area contributed by atoms with Crippen molar-refractivity contribution < 1.29 is 44.7 Å². The summed E-state index contributed by atoms with van der Waals surface area (Å²) in [6, 6.07) is 14.2. The summed E-state index contributed by atoms with van der Waals surface area (Å²) in [5, 5.41) is 14.2. The maximum atomic E-state index is 12.4. The van der Waals surface area contributed by atoms with Crippen molar-refractivity contribution in [1.29, 1.82) is 0 Å². The molecule has 0 aliphatic heterocycles. The molecule has 0 radical (unpaired) electrons. The van der Waals surface area contributed by atoms with Crippen molar-refractivity contribution in [3.8, 4) is 11.3 Å². The Balaban J connectivity index is 0.000000232. The summed E-state index contributed by atoms with van der Waals surface area (Å²) in [5.41, 5.74) is -2.25. The molecule has 212 valence electrons. The molecule has 14 heteroatoms. The first-order valence-electron chi connectivity index (χ1n) is 11.1. The Hall–Kier alpha value is -4.04. The molecular formula is C26H20F6N3O4S-. The molecule has 0 saturated heterocycles. The summed E-state index contributed by atoms with van der Waals surface area (Å²) >= 11 is 0. The Kier molecular flexibility index (Phi) is 8.84. The summed E-state index contributed by atoms with van der Waals surface area (Å²) in [6.07, 6.45) is -7.59. The van der Waals surface area contributed by atoms with Crippen LogP contribution < -0.4 is 0 Å². The number of nitrogens with zero attached hydrogens (tertiary/aromatic N) is 3. The van der Waals surface area contributed by atoms with Crippen molar-refractivity contribution in [2.24, 2.45) is 0 Å². The zero-order chi connectivity index (χ0) is 29.9. The van der Waals surface area contributed by atoms with E-state index in [2.05, 4.69) is 15.3 Å². The number of hydrogen-bond acceptors (Lipinski definition) is 5. The number of carboxylic acids is 1. The van der Waals surface area contributed by atoms with Crippen molar-refractivity contribution in [2.75, 3.05) is 13.3 Å². The molecular weight excluding hydrogens is 564 g/mol. The van der Waals surface area contributed by atoms with Crippen LogP contribution in [0.1, 0.15) is 27.0 Å². The number of fused-ring (bicyclic) bond motifs is 1. The largest absolute Gasteiger partial charge is 0.661 e. The summed E-state index contributed by atoms with van der Waals surface area (Å²) in [4.78, 5) is 19.1. The first-order chi connectivity index (χ1) is 18.5. The van der Waals surface area contributed by atoms with E-state index in [9.17, 15) is 44.7 Å². The molecule has 40 heavy (non-hydrogen) atoms. The molecule has 0 amide bonds. The van der Waals surface area contributed by atoms with Crippen molar-refractivity contribution in [1.82, 2.24) is 9.97 Å². The van der Waals surface area contributed by atoms with E-state index in [0.29, 0.717) is 17.7 Å². The van der Waals surface area contributed by atoms with E-state index < -0.39 is 44.4 Å².